The van der Waals surface area contributed by atoms with Crippen LogP contribution in [-0.2, 0) is 4.74 Å². The van der Waals surface area contributed by atoms with Gasteiger partial charge < -0.3 is 9.47 Å². The van der Waals surface area contributed by atoms with Crippen LogP contribution in [0.1, 0.15) is 35.8 Å². The van der Waals surface area contributed by atoms with Gasteiger partial charge in [-0.1, -0.05) is 11.6 Å². The van der Waals surface area contributed by atoms with Crippen LogP contribution < -0.4 is 14.9 Å². The van der Waals surface area contributed by atoms with Gasteiger partial charge in [-0.15, -0.1) is 5.10 Å². The van der Waals surface area contributed by atoms with E-state index in [1.54, 1.807) is 19.1 Å². The van der Waals surface area contributed by atoms with Crippen LogP contribution in [-0.4, -0.2) is 45.9 Å². The van der Waals surface area contributed by atoms with Crippen LogP contribution in [0.25, 0.3) is 11.1 Å². The number of halogens is 1. The van der Waals surface area contributed by atoms with Crippen molar-refractivity contribution in [3.05, 3.63) is 50.6 Å². The zero-order valence-corrected chi connectivity index (χ0v) is 18.8. The quantitative estimate of drug-likeness (QED) is 0.566. The zero-order chi connectivity index (χ0) is 22.4. The van der Waals surface area contributed by atoms with E-state index in [9.17, 15) is 9.59 Å². The number of aryl methyl sites for hydroxylation is 1. The molecule has 1 aliphatic heterocycles. The highest BCUT2D eigenvalue weighted by molar-refractivity contribution is 7.13. The van der Waals surface area contributed by atoms with Gasteiger partial charge in [0, 0.05) is 29.6 Å². The van der Waals surface area contributed by atoms with E-state index in [2.05, 4.69) is 32.4 Å². The number of aromatic amines is 1. The second-order valence-corrected chi connectivity index (χ2v) is 8.12. The van der Waals surface area contributed by atoms with Crippen molar-refractivity contribution in [2.45, 2.75) is 32.8 Å². The van der Waals surface area contributed by atoms with Gasteiger partial charge in [-0.25, -0.2) is 10.1 Å². The molecule has 1 atom stereocenters. The molecule has 31 heavy (non-hydrogen) atoms. The average Bonchev–Trinajstić information content (AvgIpc) is 3.39. The molecule has 1 unspecified atom stereocenters. The van der Waals surface area contributed by atoms with E-state index in [-0.39, 0.29) is 20.7 Å². The maximum atomic E-state index is 12.6. The number of rotatable bonds is 4. The third kappa shape index (κ3) is 6.09. The van der Waals surface area contributed by atoms with Gasteiger partial charge in [0.25, 0.3) is 5.91 Å². The molecule has 9 nitrogen and oxygen atoms in total. The van der Waals surface area contributed by atoms with E-state index in [1.807, 2.05) is 0 Å². The van der Waals surface area contributed by atoms with Crippen LogP contribution >= 0.6 is 22.9 Å². The summed E-state index contributed by atoms with van der Waals surface area (Å²) in [4.78, 5) is 31.6. The lowest BCUT2D eigenvalue weighted by Crippen LogP contribution is -2.14. The summed E-state index contributed by atoms with van der Waals surface area (Å²) < 4.78 is 10.5. The van der Waals surface area contributed by atoms with Crippen molar-refractivity contribution >= 4 is 34.0 Å². The molecule has 164 valence electrons. The van der Waals surface area contributed by atoms with Crippen molar-refractivity contribution in [3.8, 4) is 16.9 Å². The fourth-order valence-corrected chi connectivity index (χ4v) is 3.60. The Hall–Kier alpha value is -2.82. The Morgan fingerprint density at radius 3 is 2.71 bits per heavy atom. The summed E-state index contributed by atoms with van der Waals surface area (Å²) in [5, 5.41) is 8.97. The SMILES string of the molecule is CC1CCCO1.COc1cnc(Cl)cc1-c1cc(C)ncc1C(=O)Nc1n[nH]c(=O)s1. The second kappa shape index (κ2) is 10.5. The highest BCUT2D eigenvalue weighted by Gasteiger charge is 2.19. The maximum Gasteiger partial charge on any atom is 0.324 e. The number of nitrogens with one attached hydrogen (secondary N) is 2. The van der Waals surface area contributed by atoms with Gasteiger partial charge in [0.1, 0.15) is 10.9 Å². The molecule has 4 rings (SSSR count). The predicted octanol–water partition coefficient (Wildman–Crippen LogP) is 3.70. The van der Waals surface area contributed by atoms with Crippen molar-refractivity contribution < 1.29 is 14.3 Å². The zero-order valence-electron chi connectivity index (χ0n) is 17.3. The molecule has 0 aliphatic carbocycles. The molecule has 11 heteroatoms. The second-order valence-electron chi connectivity index (χ2n) is 6.77. The molecule has 0 radical (unpaired) electrons. The number of methoxy groups -OCH3 is 1. The molecule has 0 saturated carbocycles. The smallest absolute Gasteiger partial charge is 0.324 e. The van der Waals surface area contributed by atoms with Crippen LogP contribution in [0.3, 0.4) is 0 Å². The first-order valence-electron chi connectivity index (χ1n) is 9.52. The van der Waals surface area contributed by atoms with Crippen LogP contribution in [0, 0.1) is 6.92 Å². The Morgan fingerprint density at radius 2 is 2.13 bits per heavy atom. The number of amides is 1. The van der Waals surface area contributed by atoms with Crippen LogP contribution in [0.5, 0.6) is 5.75 Å². The first kappa shape index (κ1) is 22.9. The number of aromatic nitrogens is 4. The Bertz CT molecular complexity index is 1110. The molecular formula is C20H22ClN5O4S. The molecule has 0 spiro atoms. The first-order valence-corrected chi connectivity index (χ1v) is 10.7. The van der Waals surface area contributed by atoms with Crippen molar-refractivity contribution in [2.75, 3.05) is 19.0 Å². The van der Waals surface area contributed by atoms with E-state index < -0.39 is 5.91 Å². The van der Waals surface area contributed by atoms with Gasteiger partial charge in [-0.3, -0.25) is 19.9 Å². The monoisotopic (exact) mass is 463 g/mol. The molecular weight excluding hydrogens is 442 g/mol. The summed E-state index contributed by atoms with van der Waals surface area (Å²) in [7, 11) is 1.50. The van der Waals surface area contributed by atoms with Gasteiger partial charge >= 0.3 is 4.87 Å². The highest BCUT2D eigenvalue weighted by atomic mass is 35.5. The molecule has 1 saturated heterocycles. The Balaban J connectivity index is 0.000000391. The van der Waals surface area contributed by atoms with Crippen molar-refractivity contribution in [3.63, 3.8) is 0 Å². The van der Waals surface area contributed by atoms with E-state index >= 15 is 0 Å². The summed E-state index contributed by atoms with van der Waals surface area (Å²) in [6.45, 7) is 4.91. The Kier molecular flexibility index (Phi) is 7.72. The number of pyridine rings is 2. The molecule has 0 aromatic carbocycles. The fourth-order valence-electron chi connectivity index (χ4n) is 2.94. The lowest BCUT2D eigenvalue weighted by molar-refractivity contribution is 0.102. The molecule has 3 aromatic heterocycles. The standard InChI is InChI=1S/C15H12ClN5O3S.C5H10O/c1-7-3-8(9-4-12(16)18-6-11(9)24-2)10(5-17-7)13(22)19-14-20-21-15(23)25-14;1-5-3-2-4-6-5/h3-6H,1-2H3,(H,21,23)(H,19,20,22);5H,2-4H2,1H3. The Labute approximate surface area is 187 Å². The Morgan fingerprint density at radius 1 is 1.32 bits per heavy atom. The number of H-pyrrole nitrogens is 1. The van der Waals surface area contributed by atoms with Crippen LogP contribution in [0.15, 0.2) is 29.3 Å². The minimum atomic E-state index is -0.458. The van der Waals surface area contributed by atoms with Gasteiger partial charge in [-0.05, 0) is 50.2 Å². The first-order chi connectivity index (χ1) is 14.9. The third-order valence-corrected chi connectivity index (χ3v) is 5.32. The molecule has 3 aromatic rings. The lowest BCUT2D eigenvalue weighted by atomic mass is 10.0. The number of nitrogens with zero attached hydrogens (tertiary/aromatic N) is 3. The topological polar surface area (TPSA) is 119 Å². The fraction of sp³-hybridized carbons (Fsp3) is 0.350. The highest BCUT2D eigenvalue weighted by Crippen LogP contribution is 2.34. The number of ether oxygens (including phenoxy) is 2. The third-order valence-electron chi connectivity index (χ3n) is 4.45. The summed E-state index contributed by atoms with van der Waals surface area (Å²) in [6, 6.07) is 3.36. The minimum absolute atomic E-state index is 0.168. The summed E-state index contributed by atoms with van der Waals surface area (Å²) >= 11 is 6.79. The molecule has 0 bridgehead atoms. The number of hydrogen-bond acceptors (Lipinski definition) is 8. The maximum absolute atomic E-state index is 12.6. The van der Waals surface area contributed by atoms with Gasteiger partial charge in [0.05, 0.1) is 25.0 Å². The van der Waals surface area contributed by atoms with E-state index in [1.165, 1.54) is 32.3 Å². The van der Waals surface area contributed by atoms with Gasteiger partial charge in [0.2, 0.25) is 5.13 Å². The minimum Gasteiger partial charge on any atom is -0.494 e. The average molecular weight is 464 g/mol. The normalized spacial score (nSPS) is 15.2. The summed E-state index contributed by atoms with van der Waals surface area (Å²) in [5.74, 6) is 0.00807. The molecule has 1 aliphatic rings. The van der Waals surface area contributed by atoms with Gasteiger partial charge in [-0.2, -0.15) is 0 Å². The van der Waals surface area contributed by atoms with Crippen molar-refractivity contribution in [1.82, 2.24) is 20.2 Å². The molecule has 4 heterocycles. The van der Waals surface area contributed by atoms with E-state index in [0.717, 1.165) is 17.9 Å². The summed E-state index contributed by atoms with van der Waals surface area (Å²) in [5.41, 5.74) is 2.18. The predicted molar refractivity (Wildman–Crippen MR) is 119 cm³/mol. The number of carbonyl (C=O) groups excluding carboxylic acids is 1. The number of anilines is 1. The van der Waals surface area contributed by atoms with E-state index in [0.29, 0.717) is 28.7 Å². The summed E-state index contributed by atoms with van der Waals surface area (Å²) in [6.07, 6.45) is 6.00. The van der Waals surface area contributed by atoms with E-state index in [4.69, 9.17) is 21.1 Å². The van der Waals surface area contributed by atoms with Gasteiger partial charge in [0.15, 0.2) is 0 Å². The largest absolute Gasteiger partial charge is 0.494 e. The number of carbonyl (C=O) groups is 1. The van der Waals surface area contributed by atoms with Crippen molar-refractivity contribution in [2.24, 2.45) is 0 Å². The lowest BCUT2D eigenvalue weighted by Gasteiger charge is -2.13. The number of hydrogen-bond donors (Lipinski definition) is 2. The molecule has 1 amide bonds. The van der Waals surface area contributed by atoms with Crippen molar-refractivity contribution in [1.29, 1.82) is 0 Å². The van der Waals surface area contributed by atoms with Crippen LogP contribution in [0.2, 0.25) is 5.15 Å². The van der Waals surface area contributed by atoms with Crippen LogP contribution in [0.4, 0.5) is 5.13 Å². The molecule has 2 N–H and O–H groups in total. The molecule has 1 fully saturated rings.